The van der Waals surface area contributed by atoms with Gasteiger partial charge in [0.2, 0.25) is 0 Å². The Bertz CT molecular complexity index is 447. The Morgan fingerprint density at radius 3 is 2.50 bits per heavy atom. The SMILES string of the molecule is C=C(/C=C\C(=C/C)SSc1ccc(N)cc1)NC. The molecule has 0 aromatic heterocycles. The van der Waals surface area contributed by atoms with Crippen LogP contribution in [0.4, 0.5) is 5.69 Å². The van der Waals surface area contributed by atoms with E-state index in [4.69, 9.17) is 5.73 Å². The highest BCUT2D eigenvalue weighted by atomic mass is 33.1. The maximum atomic E-state index is 5.65. The predicted octanol–water partition coefficient (Wildman–Crippen LogP) is 4.20. The molecule has 0 heterocycles. The van der Waals surface area contributed by atoms with Gasteiger partial charge in [0.15, 0.2) is 0 Å². The predicted molar refractivity (Wildman–Crippen MR) is 85.4 cm³/mol. The van der Waals surface area contributed by atoms with E-state index in [9.17, 15) is 0 Å². The van der Waals surface area contributed by atoms with Crippen LogP contribution in [0, 0.1) is 0 Å². The van der Waals surface area contributed by atoms with Crippen molar-refractivity contribution in [1.29, 1.82) is 0 Å². The van der Waals surface area contributed by atoms with E-state index in [1.165, 1.54) is 9.80 Å². The lowest BCUT2D eigenvalue weighted by Crippen LogP contribution is -2.00. The number of benzene rings is 1. The lowest BCUT2D eigenvalue weighted by molar-refractivity contribution is 1.04. The number of rotatable bonds is 6. The summed E-state index contributed by atoms with van der Waals surface area (Å²) in [7, 11) is 5.29. The molecule has 3 N–H and O–H groups in total. The van der Waals surface area contributed by atoms with Crippen LogP contribution in [0.25, 0.3) is 0 Å². The zero-order valence-electron chi connectivity index (χ0n) is 10.6. The van der Waals surface area contributed by atoms with Crippen molar-refractivity contribution in [3.8, 4) is 0 Å². The minimum absolute atomic E-state index is 0.792. The maximum absolute atomic E-state index is 5.65. The van der Waals surface area contributed by atoms with Crippen molar-refractivity contribution in [2.75, 3.05) is 12.8 Å². The summed E-state index contributed by atoms with van der Waals surface area (Å²) in [6, 6.07) is 7.88. The second-order valence-electron chi connectivity index (χ2n) is 3.54. The number of nitrogens with two attached hydrogens (primary N) is 1. The Labute approximate surface area is 117 Å². The second kappa shape index (κ2) is 7.95. The van der Waals surface area contributed by atoms with Gasteiger partial charge in [-0.3, -0.25) is 0 Å². The summed E-state index contributed by atoms with van der Waals surface area (Å²) in [5, 5.41) is 2.99. The highest BCUT2D eigenvalue weighted by molar-refractivity contribution is 8.78. The summed E-state index contributed by atoms with van der Waals surface area (Å²) in [6.45, 7) is 5.88. The summed E-state index contributed by atoms with van der Waals surface area (Å²) in [6.07, 6.45) is 6.09. The molecule has 0 atom stereocenters. The van der Waals surface area contributed by atoms with Crippen LogP contribution in [0.1, 0.15) is 6.92 Å². The van der Waals surface area contributed by atoms with E-state index in [1.807, 2.05) is 50.4 Å². The smallest absolute Gasteiger partial charge is 0.0314 e. The van der Waals surface area contributed by atoms with Crippen molar-refractivity contribution in [2.45, 2.75) is 11.8 Å². The van der Waals surface area contributed by atoms with Crippen LogP contribution in [-0.2, 0) is 0 Å². The largest absolute Gasteiger partial charge is 0.399 e. The molecule has 0 aliphatic carbocycles. The van der Waals surface area contributed by atoms with E-state index >= 15 is 0 Å². The summed E-state index contributed by atoms with van der Waals surface area (Å²) >= 11 is 0. The van der Waals surface area contributed by atoms with Gasteiger partial charge in [-0.2, -0.15) is 0 Å². The van der Waals surface area contributed by atoms with Gasteiger partial charge in [-0.05, 0) is 43.3 Å². The van der Waals surface area contributed by atoms with Gasteiger partial charge in [-0.1, -0.05) is 34.2 Å². The van der Waals surface area contributed by atoms with E-state index in [1.54, 1.807) is 21.6 Å². The highest BCUT2D eigenvalue weighted by Gasteiger charge is 1.97. The average molecular weight is 278 g/mol. The topological polar surface area (TPSA) is 38.0 Å². The first-order chi connectivity index (χ1) is 8.65. The standard InChI is InChI=1S/C14H18N2S2/c1-4-13(8-5-11(2)16-3)17-18-14-9-6-12(15)7-10-14/h4-10,16H,2,15H2,1,3H3/b8-5-,13-4+. The van der Waals surface area contributed by atoms with Gasteiger partial charge in [0.25, 0.3) is 0 Å². The van der Waals surface area contributed by atoms with Crippen LogP contribution < -0.4 is 11.1 Å². The van der Waals surface area contributed by atoms with E-state index in [-0.39, 0.29) is 0 Å². The summed E-state index contributed by atoms with van der Waals surface area (Å²) in [4.78, 5) is 2.38. The monoisotopic (exact) mass is 278 g/mol. The summed E-state index contributed by atoms with van der Waals surface area (Å²) in [5.74, 6) is 0. The molecule has 1 aromatic rings. The summed E-state index contributed by atoms with van der Waals surface area (Å²) < 4.78 is 0. The van der Waals surface area contributed by atoms with Crippen molar-refractivity contribution in [1.82, 2.24) is 5.32 Å². The van der Waals surface area contributed by atoms with Gasteiger partial charge in [-0.15, -0.1) is 0 Å². The Morgan fingerprint density at radius 2 is 1.94 bits per heavy atom. The van der Waals surface area contributed by atoms with Gasteiger partial charge in [0.05, 0.1) is 0 Å². The first-order valence-corrected chi connectivity index (χ1v) is 7.72. The third kappa shape index (κ3) is 5.38. The zero-order chi connectivity index (χ0) is 13.4. The Morgan fingerprint density at radius 1 is 1.28 bits per heavy atom. The third-order valence-electron chi connectivity index (χ3n) is 2.17. The number of allylic oxidation sites excluding steroid dienone is 3. The van der Waals surface area contributed by atoms with Crippen LogP contribution in [0.15, 0.2) is 64.6 Å². The molecule has 0 bridgehead atoms. The number of nitrogens with one attached hydrogen (secondary N) is 1. The Hall–Kier alpha value is -1.26. The molecule has 18 heavy (non-hydrogen) atoms. The van der Waals surface area contributed by atoms with E-state index in [2.05, 4.69) is 18.0 Å². The average Bonchev–Trinajstić information content (AvgIpc) is 2.40. The van der Waals surface area contributed by atoms with E-state index in [0.29, 0.717) is 0 Å². The quantitative estimate of drug-likeness (QED) is 0.464. The molecule has 1 aromatic carbocycles. The molecule has 0 saturated carbocycles. The molecule has 0 spiro atoms. The molecule has 0 amide bonds. The molecule has 1 rings (SSSR count). The maximum Gasteiger partial charge on any atom is 0.0314 e. The molecular weight excluding hydrogens is 260 g/mol. The minimum atomic E-state index is 0.792. The van der Waals surface area contributed by atoms with Crippen molar-refractivity contribution >= 4 is 27.3 Å². The first kappa shape index (κ1) is 14.8. The lowest BCUT2D eigenvalue weighted by atomic mass is 10.3. The lowest BCUT2D eigenvalue weighted by Gasteiger charge is -2.03. The number of hydrogen-bond donors (Lipinski definition) is 2. The van der Waals surface area contributed by atoms with Crippen molar-refractivity contribution in [2.24, 2.45) is 0 Å². The molecule has 0 aliphatic rings. The molecule has 0 radical (unpaired) electrons. The van der Waals surface area contributed by atoms with Crippen LogP contribution in [0.3, 0.4) is 0 Å². The van der Waals surface area contributed by atoms with Gasteiger partial charge < -0.3 is 11.1 Å². The fraction of sp³-hybridized carbons (Fsp3) is 0.143. The van der Waals surface area contributed by atoms with Crippen molar-refractivity contribution < 1.29 is 0 Å². The number of anilines is 1. The molecule has 4 heteroatoms. The fourth-order valence-corrected chi connectivity index (χ4v) is 3.08. The fourth-order valence-electron chi connectivity index (χ4n) is 1.06. The molecule has 2 nitrogen and oxygen atoms in total. The number of hydrogen-bond acceptors (Lipinski definition) is 4. The van der Waals surface area contributed by atoms with E-state index < -0.39 is 0 Å². The van der Waals surface area contributed by atoms with Crippen molar-refractivity contribution in [3.05, 3.63) is 59.7 Å². The van der Waals surface area contributed by atoms with Crippen LogP contribution >= 0.6 is 21.6 Å². The molecule has 0 aliphatic heterocycles. The van der Waals surface area contributed by atoms with Gasteiger partial charge in [0.1, 0.15) is 0 Å². The van der Waals surface area contributed by atoms with Crippen LogP contribution in [0.5, 0.6) is 0 Å². The first-order valence-electron chi connectivity index (χ1n) is 5.57. The number of likely N-dealkylation sites (N-methyl/N-ethyl adjacent to an activating group) is 1. The van der Waals surface area contributed by atoms with Crippen molar-refractivity contribution in [3.63, 3.8) is 0 Å². The van der Waals surface area contributed by atoms with E-state index in [0.717, 1.165) is 11.4 Å². The third-order valence-corrected chi connectivity index (χ3v) is 4.69. The Balaban J connectivity index is 2.52. The van der Waals surface area contributed by atoms with Crippen LogP contribution in [-0.4, -0.2) is 7.05 Å². The van der Waals surface area contributed by atoms with Gasteiger partial charge in [0, 0.05) is 28.2 Å². The molecule has 0 saturated heterocycles. The van der Waals surface area contributed by atoms with Gasteiger partial charge in [-0.25, -0.2) is 0 Å². The molecule has 0 fully saturated rings. The summed E-state index contributed by atoms with van der Waals surface area (Å²) in [5.41, 5.74) is 7.34. The normalized spacial score (nSPS) is 11.8. The number of nitrogen functional groups attached to an aromatic ring is 1. The second-order valence-corrected chi connectivity index (χ2v) is 5.81. The highest BCUT2D eigenvalue weighted by Crippen LogP contribution is 2.37. The molecule has 0 unspecified atom stereocenters. The zero-order valence-corrected chi connectivity index (χ0v) is 12.3. The molecule has 96 valence electrons. The van der Waals surface area contributed by atoms with Gasteiger partial charge >= 0.3 is 0 Å². The minimum Gasteiger partial charge on any atom is -0.399 e. The Kier molecular flexibility index (Phi) is 6.54. The van der Waals surface area contributed by atoms with Crippen LogP contribution in [0.2, 0.25) is 0 Å². The molecular formula is C14H18N2S2.